The van der Waals surface area contributed by atoms with Crippen molar-refractivity contribution >= 4 is 23.8 Å². The van der Waals surface area contributed by atoms with Gasteiger partial charge in [0.2, 0.25) is 0 Å². The molecule has 0 aliphatic heterocycles. The summed E-state index contributed by atoms with van der Waals surface area (Å²) < 4.78 is 14.9. The summed E-state index contributed by atoms with van der Waals surface area (Å²) in [5.74, 6) is -1.14. The van der Waals surface area contributed by atoms with E-state index >= 15 is 0 Å². The second-order valence-corrected chi connectivity index (χ2v) is 5.35. The van der Waals surface area contributed by atoms with E-state index in [1.165, 1.54) is 6.26 Å². The van der Waals surface area contributed by atoms with Crippen molar-refractivity contribution in [3.63, 3.8) is 0 Å². The number of hydrogen-bond acceptors (Lipinski definition) is 7. The number of esters is 1. The Balaban J connectivity index is 1.55. The Kier molecular flexibility index (Phi) is 8.06. The van der Waals surface area contributed by atoms with Gasteiger partial charge in [-0.15, -0.1) is 0 Å². The third-order valence-corrected chi connectivity index (χ3v) is 3.16. The van der Waals surface area contributed by atoms with E-state index in [1.807, 2.05) is 11.4 Å². The molecule has 1 aromatic heterocycles. The van der Waals surface area contributed by atoms with Crippen molar-refractivity contribution in [1.82, 2.24) is 16.0 Å². The van der Waals surface area contributed by atoms with Gasteiger partial charge in [0.1, 0.15) is 18.1 Å². The lowest BCUT2D eigenvalue weighted by atomic mass is 10.3. The smallest absolute Gasteiger partial charge is 0.325 e. The fraction of sp³-hybridized carbons (Fsp3) is 0.222. The molecule has 3 N–H and O–H groups in total. The summed E-state index contributed by atoms with van der Waals surface area (Å²) in [5.41, 5.74) is 0. The molecule has 0 aliphatic rings. The zero-order valence-corrected chi connectivity index (χ0v) is 14.8. The lowest BCUT2D eigenvalue weighted by Crippen LogP contribution is -2.41. The minimum absolute atomic E-state index is 0.100. The van der Waals surface area contributed by atoms with E-state index in [-0.39, 0.29) is 13.2 Å². The van der Waals surface area contributed by atoms with E-state index in [0.29, 0.717) is 11.5 Å². The maximum atomic E-state index is 11.6. The van der Waals surface area contributed by atoms with Crippen molar-refractivity contribution in [3.05, 3.63) is 54.5 Å². The quantitative estimate of drug-likeness (QED) is 0.526. The minimum atomic E-state index is -0.834. The van der Waals surface area contributed by atoms with Crippen LogP contribution < -0.4 is 20.7 Å². The average Bonchev–Trinajstić information content (AvgIpc) is 3.22. The van der Waals surface area contributed by atoms with E-state index in [1.54, 1.807) is 36.4 Å². The molecule has 2 rings (SSSR count). The molecule has 148 valence electrons. The number of carbonyl (C=O) groups excluding carboxylic acids is 4. The van der Waals surface area contributed by atoms with Gasteiger partial charge in [0, 0.05) is 0 Å². The third kappa shape index (κ3) is 8.04. The van der Waals surface area contributed by atoms with Crippen molar-refractivity contribution in [3.8, 4) is 5.75 Å². The molecule has 0 spiro atoms. The number of furan rings is 1. The largest absolute Gasteiger partial charge is 0.484 e. The lowest BCUT2D eigenvalue weighted by Gasteiger charge is -2.08. The van der Waals surface area contributed by atoms with Crippen LogP contribution in [0.2, 0.25) is 0 Å². The molecule has 0 saturated carbocycles. The predicted octanol–water partition coefficient (Wildman–Crippen LogP) is 0.344. The Morgan fingerprint density at radius 1 is 0.893 bits per heavy atom. The normalized spacial score (nSPS) is 9.86. The van der Waals surface area contributed by atoms with Crippen LogP contribution >= 0.6 is 0 Å². The molecule has 28 heavy (non-hydrogen) atoms. The van der Waals surface area contributed by atoms with Crippen molar-refractivity contribution in [2.75, 3.05) is 19.8 Å². The van der Waals surface area contributed by atoms with Crippen LogP contribution in [0.4, 0.5) is 4.79 Å². The molecule has 1 heterocycles. The van der Waals surface area contributed by atoms with E-state index in [2.05, 4.69) is 15.4 Å². The van der Waals surface area contributed by atoms with Gasteiger partial charge in [0.15, 0.2) is 13.2 Å². The molecule has 0 fully saturated rings. The molecule has 0 atom stereocenters. The Bertz CT molecular complexity index is 791. The Labute approximate surface area is 160 Å². The fourth-order valence-corrected chi connectivity index (χ4v) is 1.87. The number of hydrogen-bond donors (Lipinski definition) is 3. The van der Waals surface area contributed by atoms with Gasteiger partial charge in [-0.25, -0.2) is 4.79 Å². The first-order valence-corrected chi connectivity index (χ1v) is 8.23. The summed E-state index contributed by atoms with van der Waals surface area (Å²) in [7, 11) is 0. The number of imide groups is 1. The van der Waals surface area contributed by atoms with E-state index in [9.17, 15) is 19.2 Å². The second-order valence-electron chi connectivity index (χ2n) is 5.35. The van der Waals surface area contributed by atoms with Crippen LogP contribution in [0.3, 0.4) is 0 Å². The summed E-state index contributed by atoms with van der Waals surface area (Å²) in [4.78, 5) is 46.2. The predicted molar refractivity (Wildman–Crippen MR) is 95.0 cm³/mol. The highest BCUT2D eigenvalue weighted by Gasteiger charge is 2.12. The molecule has 1 aromatic carbocycles. The molecule has 0 bridgehead atoms. The Morgan fingerprint density at radius 2 is 1.68 bits per heavy atom. The van der Waals surface area contributed by atoms with E-state index < -0.39 is 37.0 Å². The van der Waals surface area contributed by atoms with Crippen molar-refractivity contribution in [1.29, 1.82) is 0 Å². The number of nitrogens with one attached hydrogen (secondary N) is 3. The number of ether oxygens (including phenoxy) is 2. The summed E-state index contributed by atoms with van der Waals surface area (Å²) in [6.07, 6.45) is 1.45. The zero-order valence-electron chi connectivity index (χ0n) is 14.8. The van der Waals surface area contributed by atoms with Gasteiger partial charge in [-0.1, -0.05) is 18.2 Å². The summed E-state index contributed by atoms with van der Waals surface area (Å²) in [6, 6.07) is 11.2. The fourth-order valence-electron chi connectivity index (χ4n) is 1.87. The Hall–Kier alpha value is -3.82. The SMILES string of the molecule is O=C(COc1ccccc1)NCC(=O)OCC(=O)NC(=O)NCc1ccco1. The van der Waals surface area contributed by atoms with Gasteiger partial charge in [0.05, 0.1) is 12.8 Å². The van der Waals surface area contributed by atoms with E-state index in [4.69, 9.17) is 9.15 Å². The first kappa shape index (κ1) is 20.5. The van der Waals surface area contributed by atoms with Crippen molar-refractivity contribution in [2.24, 2.45) is 0 Å². The molecule has 2 aromatic rings. The summed E-state index contributed by atoms with van der Waals surface area (Å²) >= 11 is 0. The second kappa shape index (κ2) is 11.0. The molecule has 10 heteroatoms. The maximum absolute atomic E-state index is 11.6. The molecule has 0 radical (unpaired) electrons. The van der Waals surface area contributed by atoms with Gasteiger partial charge < -0.3 is 24.5 Å². The third-order valence-electron chi connectivity index (χ3n) is 3.16. The van der Waals surface area contributed by atoms with Crippen LogP contribution in [-0.4, -0.2) is 43.6 Å². The number of benzene rings is 1. The molecule has 4 amide bonds. The first-order valence-electron chi connectivity index (χ1n) is 8.23. The van der Waals surface area contributed by atoms with Gasteiger partial charge in [-0.3, -0.25) is 19.7 Å². The maximum Gasteiger partial charge on any atom is 0.325 e. The molecule has 10 nitrogen and oxygen atoms in total. The van der Waals surface area contributed by atoms with Crippen molar-refractivity contribution < 1.29 is 33.1 Å². The monoisotopic (exact) mass is 389 g/mol. The molecular weight excluding hydrogens is 370 g/mol. The number of rotatable bonds is 9. The molecule has 0 aliphatic carbocycles. The number of carbonyl (C=O) groups is 4. The lowest BCUT2D eigenvalue weighted by molar-refractivity contribution is -0.148. The number of para-hydroxylation sites is 1. The van der Waals surface area contributed by atoms with Crippen LogP contribution in [0.5, 0.6) is 5.75 Å². The van der Waals surface area contributed by atoms with Crippen LogP contribution in [0.1, 0.15) is 5.76 Å². The van der Waals surface area contributed by atoms with Gasteiger partial charge in [-0.05, 0) is 24.3 Å². The number of urea groups is 1. The van der Waals surface area contributed by atoms with Gasteiger partial charge in [-0.2, -0.15) is 0 Å². The highest BCUT2D eigenvalue weighted by molar-refractivity contribution is 5.95. The molecule has 0 saturated heterocycles. The zero-order chi connectivity index (χ0) is 20.2. The number of amides is 4. The summed E-state index contributed by atoms with van der Waals surface area (Å²) in [5, 5.41) is 6.67. The van der Waals surface area contributed by atoms with Crippen molar-refractivity contribution in [2.45, 2.75) is 6.54 Å². The van der Waals surface area contributed by atoms with Crippen LogP contribution in [0.25, 0.3) is 0 Å². The Morgan fingerprint density at radius 3 is 2.39 bits per heavy atom. The average molecular weight is 389 g/mol. The van der Waals surface area contributed by atoms with Gasteiger partial charge in [0.25, 0.3) is 11.8 Å². The van der Waals surface area contributed by atoms with Crippen LogP contribution in [-0.2, 0) is 25.7 Å². The molecular formula is C18H19N3O7. The topological polar surface area (TPSA) is 136 Å². The summed E-state index contributed by atoms with van der Waals surface area (Å²) in [6.45, 7) is -1.27. The van der Waals surface area contributed by atoms with Gasteiger partial charge >= 0.3 is 12.0 Å². The standard InChI is InChI=1S/C18H19N3O7/c22-15(11-27-13-5-2-1-3-6-13)19-10-17(24)28-12-16(23)21-18(25)20-9-14-7-4-8-26-14/h1-8H,9-12H2,(H,19,22)(H2,20,21,23,25). The van der Waals surface area contributed by atoms with Crippen LogP contribution in [0, 0.1) is 0 Å². The van der Waals surface area contributed by atoms with E-state index in [0.717, 1.165) is 0 Å². The molecule has 0 unspecified atom stereocenters. The first-order chi connectivity index (χ1) is 13.5. The van der Waals surface area contributed by atoms with Crippen LogP contribution in [0.15, 0.2) is 53.1 Å². The minimum Gasteiger partial charge on any atom is -0.484 e. The highest BCUT2D eigenvalue weighted by Crippen LogP contribution is 2.07. The highest BCUT2D eigenvalue weighted by atomic mass is 16.5.